The Kier molecular flexibility index (Phi) is 6.66. The van der Waals surface area contributed by atoms with E-state index in [0.717, 1.165) is 18.4 Å². The highest BCUT2D eigenvalue weighted by atomic mass is 35.5. The number of hydrogen-bond donors (Lipinski definition) is 2. The van der Waals surface area contributed by atoms with Crippen LogP contribution in [0.1, 0.15) is 49.8 Å². The molecule has 1 saturated carbocycles. The second-order valence-corrected chi connectivity index (χ2v) is 7.85. The molecule has 1 aliphatic rings. The second-order valence-electron chi connectivity index (χ2n) is 6.00. The lowest BCUT2D eigenvalue weighted by atomic mass is 9.99. The first-order valence-corrected chi connectivity index (χ1v) is 8.85. The fourth-order valence-corrected chi connectivity index (χ4v) is 3.62. The van der Waals surface area contributed by atoms with E-state index in [4.69, 9.17) is 5.73 Å². The van der Waals surface area contributed by atoms with Crippen LogP contribution in [0.5, 0.6) is 0 Å². The van der Waals surface area contributed by atoms with Crippen LogP contribution in [0.2, 0.25) is 0 Å². The molecule has 1 aromatic rings. The summed E-state index contributed by atoms with van der Waals surface area (Å²) in [6.07, 6.45) is 2.06. The van der Waals surface area contributed by atoms with Gasteiger partial charge in [0.1, 0.15) is 0 Å². The molecule has 21 heavy (non-hydrogen) atoms. The van der Waals surface area contributed by atoms with Crippen LogP contribution in [-0.4, -0.2) is 20.7 Å². The van der Waals surface area contributed by atoms with Gasteiger partial charge in [-0.3, -0.25) is 0 Å². The number of hydrogen-bond acceptors (Lipinski definition) is 3. The average molecular weight is 333 g/mol. The van der Waals surface area contributed by atoms with Crippen molar-refractivity contribution in [1.29, 1.82) is 0 Å². The van der Waals surface area contributed by atoms with Crippen molar-refractivity contribution in [2.45, 2.75) is 38.6 Å². The minimum Gasteiger partial charge on any atom is -0.323 e. The summed E-state index contributed by atoms with van der Waals surface area (Å²) in [6.45, 7) is 4.54. The monoisotopic (exact) mass is 332 g/mol. The van der Waals surface area contributed by atoms with Gasteiger partial charge in [-0.15, -0.1) is 12.4 Å². The predicted molar refractivity (Wildman–Crippen MR) is 89.2 cm³/mol. The Bertz CT molecular complexity index is 539. The summed E-state index contributed by atoms with van der Waals surface area (Å²) in [6, 6.07) is 7.77. The zero-order valence-electron chi connectivity index (χ0n) is 12.6. The van der Waals surface area contributed by atoms with Crippen molar-refractivity contribution in [3.63, 3.8) is 0 Å². The Labute approximate surface area is 134 Å². The van der Waals surface area contributed by atoms with Gasteiger partial charge >= 0.3 is 0 Å². The molecule has 0 amide bonds. The zero-order valence-corrected chi connectivity index (χ0v) is 14.2. The summed E-state index contributed by atoms with van der Waals surface area (Å²) in [5.74, 6) is 1.08. The van der Waals surface area contributed by atoms with E-state index in [1.165, 1.54) is 5.56 Å². The predicted octanol–water partition coefficient (Wildman–Crippen LogP) is 2.56. The van der Waals surface area contributed by atoms with E-state index in [0.29, 0.717) is 11.8 Å². The Morgan fingerprint density at radius 2 is 1.71 bits per heavy atom. The normalized spacial score (nSPS) is 16.6. The first kappa shape index (κ1) is 18.4. The first-order chi connectivity index (χ1) is 9.37. The van der Waals surface area contributed by atoms with Gasteiger partial charge in [-0.1, -0.05) is 38.1 Å². The number of nitrogens with two attached hydrogens (primary N) is 1. The molecule has 0 radical (unpaired) electrons. The summed E-state index contributed by atoms with van der Waals surface area (Å²) < 4.78 is 26.2. The number of halogens is 1. The van der Waals surface area contributed by atoms with Crippen LogP contribution in [0.3, 0.4) is 0 Å². The highest BCUT2D eigenvalue weighted by Crippen LogP contribution is 2.30. The molecule has 4 nitrogen and oxygen atoms in total. The third kappa shape index (κ3) is 5.94. The topological polar surface area (TPSA) is 72.2 Å². The molecule has 1 unspecified atom stereocenters. The van der Waals surface area contributed by atoms with E-state index in [1.54, 1.807) is 0 Å². The maximum atomic E-state index is 11.8. The van der Waals surface area contributed by atoms with Gasteiger partial charge in [0, 0.05) is 12.6 Å². The molecule has 0 saturated heterocycles. The molecular formula is C15H25ClN2O2S. The van der Waals surface area contributed by atoms with Crippen molar-refractivity contribution in [2.75, 3.05) is 12.3 Å². The van der Waals surface area contributed by atoms with Crippen molar-refractivity contribution in [2.24, 2.45) is 11.7 Å². The van der Waals surface area contributed by atoms with Crippen LogP contribution in [0.15, 0.2) is 24.3 Å². The molecule has 1 aromatic carbocycles. The van der Waals surface area contributed by atoms with Crippen molar-refractivity contribution in [3.05, 3.63) is 35.4 Å². The zero-order chi connectivity index (χ0) is 14.8. The first-order valence-electron chi connectivity index (χ1n) is 7.20. The van der Waals surface area contributed by atoms with Crippen LogP contribution in [0.25, 0.3) is 0 Å². The summed E-state index contributed by atoms with van der Waals surface area (Å²) in [4.78, 5) is 0. The molecule has 120 valence electrons. The number of benzene rings is 1. The van der Waals surface area contributed by atoms with Gasteiger partial charge in [0.25, 0.3) is 0 Å². The lowest BCUT2D eigenvalue weighted by Gasteiger charge is -2.14. The molecule has 0 aromatic heterocycles. The van der Waals surface area contributed by atoms with Crippen molar-refractivity contribution in [1.82, 2.24) is 4.72 Å². The maximum absolute atomic E-state index is 11.8. The fraction of sp³-hybridized carbons (Fsp3) is 0.600. The molecule has 3 N–H and O–H groups in total. The summed E-state index contributed by atoms with van der Waals surface area (Å²) in [5, 5.41) is 0. The summed E-state index contributed by atoms with van der Waals surface area (Å²) >= 11 is 0. The minimum atomic E-state index is -3.17. The van der Waals surface area contributed by atoms with Crippen LogP contribution < -0.4 is 10.5 Å². The Hall–Kier alpha value is -0.620. The van der Waals surface area contributed by atoms with E-state index in [2.05, 4.69) is 30.7 Å². The Morgan fingerprint density at radius 3 is 2.19 bits per heavy atom. The quantitative estimate of drug-likeness (QED) is 0.806. The third-order valence-electron chi connectivity index (χ3n) is 3.71. The van der Waals surface area contributed by atoms with E-state index in [-0.39, 0.29) is 30.7 Å². The maximum Gasteiger partial charge on any atom is 0.211 e. The van der Waals surface area contributed by atoms with Crippen molar-refractivity contribution in [3.8, 4) is 0 Å². The van der Waals surface area contributed by atoms with E-state index in [1.807, 2.05) is 12.1 Å². The van der Waals surface area contributed by atoms with Gasteiger partial charge in [-0.25, -0.2) is 13.1 Å². The standard InChI is InChI=1S/C15H24N2O2S.ClH/c1-11(2)13-5-7-14(8-6-13)15(16)9-17-20(18,19)10-12-3-4-12;/h5-8,11-12,15,17H,3-4,9-10,16H2,1-2H3;1H. The fourth-order valence-electron chi connectivity index (χ4n) is 2.12. The van der Waals surface area contributed by atoms with E-state index < -0.39 is 10.0 Å². The van der Waals surface area contributed by atoms with Gasteiger partial charge in [0.05, 0.1) is 5.75 Å². The number of nitrogens with one attached hydrogen (secondary N) is 1. The number of rotatable bonds is 7. The molecule has 0 spiro atoms. The van der Waals surface area contributed by atoms with Crippen LogP contribution >= 0.6 is 12.4 Å². The van der Waals surface area contributed by atoms with Crippen LogP contribution in [0.4, 0.5) is 0 Å². The highest BCUT2D eigenvalue weighted by molar-refractivity contribution is 7.89. The molecule has 6 heteroatoms. The molecule has 0 heterocycles. The Balaban J connectivity index is 0.00000220. The van der Waals surface area contributed by atoms with Gasteiger partial charge in [0.2, 0.25) is 10.0 Å². The second kappa shape index (κ2) is 7.58. The van der Waals surface area contributed by atoms with E-state index in [9.17, 15) is 8.42 Å². The third-order valence-corrected chi connectivity index (χ3v) is 5.22. The van der Waals surface area contributed by atoms with Crippen LogP contribution in [-0.2, 0) is 10.0 Å². The average Bonchev–Trinajstić information content (AvgIpc) is 3.19. The molecule has 1 fully saturated rings. The Morgan fingerprint density at radius 1 is 1.19 bits per heavy atom. The van der Waals surface area contributed by atoms with Gasteiger partial charge < -0.3 is 5.73 Å². The molecule has 0 bridgehead atoms. The molecule has 1 aliphatic carbocycles. The largest absolute Gasteiger partial charge is 0.323 e. The summed E-state index contributed by atoms with van der Waals surface area (Å²) in [5.41, 5.74) is 8.27. The van der Waals surface area contributed by atoms with Gasteiger partial charge in [-0.05, 0) is 35.8 Å². The van der Waals surface area contributed by atoms with E-state index >= 15 is 0 Å². The number of sulfonamides is 1. The highest BCUT2D eigenvalue weighted by Gasteiger charge is 2.28. The summed E-state index contributed by atoms with van der Waals surface area (Å²) in [7, 11) is -3.17. The lowest BCUT2D eigenvalue weighted by molar-refractivity contribution is 0.568. The smallest absolute Gasteiger partial charge is 0.211 e. The van der Waals surface area contributed by atoms with Gasteiger partial charge in [-0.2, -0.15) is 0 Å². The lowest BCUT2D eigenvalue weighted by Crippen LogP contribution is -2.33. The minimum absolute atomic E-state index is 0. The molecule has 2 rings (SSSR count). The van der Waals surface area contributed by atoms with Crippen molar-refractivity contribution >= 4 is 22.4 Å². The van der Waals surface area contributed by atoms with Gasteiger partial charge in [0.15, 0.2) is 0 Å². The SMILES string of the molecule is CC(C)c1ccc(C(N)CNS(=O)(=O)CC2CC2)cc1.Cl. The van der Waals surface area contributed by atoms with Crippen LogP contribution in [0, 0.1) is 5.92 Å². The molecule has 1 atom stereocenters. The van der Waals surface area contributed by atoms with Crippen molar-refractivity contribution < 1.29 is 8.42 Å². The molecule has 0 aliphatic heterocycles. The molecular weight excluding hydrogens is 308 g/mol.